The van der Waals surface area contributed by atoms with E-state index in [9.17, 15) is 4.79 Å². The first-order valence-electron chi connectivity index (χ1n) is 1.76. The fourth-order valence-corrected chi connectivity index (χ4v) is 0. The van der Waals surface area contributed by atoms with Crippen LogP contribution in [0.1, 0.15) is 6.92 Å². The number of carbonyl (C=O) groups is 1. The Bertz CT molecular complexity index is 87.8. The van der Waals surface area contributed by atoms with Crippen LogP contribution >= 0.6 is 12.4 Å². The van der Waals surface area contributed by atoms with E-state index < -0.39 is 11.6 Å². The highest BCUT2D eigenvalue weighted by molar-refractivity contribution is 5.85. The van der Waals surface area contributed by atoms with Crippen molar-refractivity contribution in [1.82, 2.24) is 0 Å². The van der Waals surface area contributed by atoms with E-state index in [0.29, 0.717) is 0 Å². The molecule has 0 aromatic rings. The molecule has 8 heavy (non-hydrogen) atoms. The monoisotopic (exact) mass is 140 g/mol. The molecule has 0 saturated heterocycles. The number of aliphatic carboxylic acids is 1. The lowest BCUT2D eigenvalue weighted by atomic mass is 10.2. The Morgan fingerprint density at radius 3 is 1.75 bits per heavy atom. The third kappa shape index (κ3) is 3.86. The summed E-state index contributed by atoms with van der Waals surface area (Å²) in [6, 6.07) is 0. The highest BCUT2D eigenvalue weighted by Crippen LogP contribution is 1.82. The fraction of sp³-hybridized carbons (Fsp3) is 0.667. The predicted octanol–water partition coefficient (Wildman–Crippen LogP) is -0.874. The van der Waals surface area contributed by atoms with E-state index in [-0.39, 0.29) is 12.4 Å². The van der Waals surface area contributed by atoms with Crippen molar-refractivity contribution in [3.05, 3.63) is 0 Å². The van der Waals surface area contributed by atoms with Crippen LogP contribution in [-0.2, 0) is 4.79 Å². The van der Waals surface area contributed by atoms with Crippen molar-refractivity contribution in [1.29, 1.82) is 0 Å². The third-order valence-corrected chi connectivity index (χ3v) is 0.461. The molecular formula is C3H9ClN2O2. The molecule has 0 atom stereocenters. The van der Waals surface area contributed by atoms with E-state index in [1.807, 2.05) is 0 Å². The molecule has 0 unspecified atom stereocenters. The largest absolute Gasteiger partial charge is 0.479 e. The SMILES string of the molecule is CC(N)(N)C(=O)O.Cl. The molecular weight excluding hydrogens is 131 g/mol. The smallest absolute Gasteiger partial charge is 0.338 e. The number of hydrogen-bond acceptors (Lipinski definition) is 3. The van der Waals surface area contributed by atoms with Crippen molar-refractivity contribution in [2.75, 3.05) is 0 Å². The quantitative estimate of drug-likeness (QED) is 0.413. The summed E-state index contributed by atoms with van der Waals surface area (Å²) in [5.41, 5.74) is 8.13. The van der Waals surface area contributed by atoms with Gasteiger partial charge in [-0.1, -0.05) is 0 Å². The van der Waals surface area contributed by atoms with Gasteiger partial charge in [0.05, 0.1) is 0 Å². The van der Waals surface area contributed by atoms with Gasteiger partial charge in [-0.15, -0.1) is 12.4 Å². The molecule has 0 bridgehead atoms. The Hall–Kier alpha value is -0.320. The number of carboxylic acid groups (broad SMARTS) is 1. The topological polar surface area (TPSA) is 89.3 Å². The molecule has 0 aliphatic carbocycles. The minimum atomic E-state index is -1.58. The van der Waals surface area contributed by atoms with Gasteiger partial charge in [0.15, 0.2) is 5.66 Å². The molecule has 0 fully saturated rings. The minimum Gasteiger partial charge on any atom is -0.479 e. The second-order valence-corrected chi connectivity index (χ2v) is 1.59. The van der Waals surface area contributed by atoms with Crippen LogP contribution in [0.3, 0.4) is 0 Å². The second kappa shape index (κ2) is 2.86. The van der Waals surface area contributed by atoms with Crippen LogP contribution in [0.25, 0.3) is 0 Å². The lowest BCUT2D eigenvalue weighted by Gasteiger charge is -2.09. The van der Waals surface area contributed by atoms with Crippen LogP contribution in [0.5, 0.6) is 0 Å². The molecule has 0 saturated carbocycles. The van der Waals surface area contributed by atoms with Crippen LogP contribution in [0.15, 0.2) is 0 Å². The maximum Gasteiger partial charge on any atom is 0.338 e. The van der Waals surface area contributed by atoms with E-state index in [1.54, 1.807) is 0 Å². The summed E-state index contributed by atoms with van der Waals surface area (Å²) in [5, 5.41) is 8.00. The Morgan fingerprint density at radius 1 is 1.62 bits per heavy atom. The molecule has 5 N–H and O–H groups in total. The zero-order chi connectivity index (χ0) is 6.08. The second-order valence-electron chi connectivity index (χ2n) is 1.59. The molecule has 0 aromatic heterocycles. The first-order valence-corrected chi connectivity index (χ1v) is 1.76. The number of nitrogens with two attached hydrogens (primary N) is 2. The summed E-state index contributed by atoms with van der Waals surface area (Å²) >= 11 is 0. The molecule has 4 nitrogen and oxygen atoms in total. The zero-order valence-corrected chi connectivity index (χ0v) is 5.23. The zero-order valence-electron chi connectivity index (χ0n) is 4.42. The van der Waals surface area contributed by atoms with Gasteiger partial charge in [-0.25, -0.2) is 4.79 Å². The standard InChI is InChI=1S/C3H8N2O2.ClH/c1-3(4,5)2(6)7;/h4-5H2,1H3,(H,6,7);1H. The Kier molecular flexibility index (Phi) is 3.80. The van der Waals surface area contributed by atoms with Crippen molar-refractivity contribution in [3.63, 3.8) is 0 Å². The summed E-state index contributed by atoms with van der Waals surface area (Å²) in [4.78, 5) is 9.77. The summed E-state index contributed by atoms with van der Waals surface area (Å²) in [5.74, 6) is -1.20. The van der Waals surface area contributed by atoms with Gasteiger partial charge in [0.25, 0.3) is 0 Å². The summed E-state index contributed by atoms with van der Waals surface area (Å²) in [6.07, 6.45) is 0. The number of rotatable bonds is 1. The first-order chi connectivity index (χ1) is 2.94. The number of carboxylic acids is 1. The number of hydrogen-bond donors (Lipinski definition) is 3. The molecule has 5 heteroatoms. The highest BCUT2D eigenvalue weighted by atomic mass is 35.5. The molecule has 50 valence electrons. The van der Waals surface area contributed by atoms with Crippen molar-refractivity contribution in [2.24, 2.45) is 11.5 Å². The molecule has 0 amide bonds. The molecule has 0 aliphatic heterocycles. The van der Waals surface area contributed by atoms with Gasteiger partial charge in [-0.2, -0.15) is 0 Å². The lowest BCUT2D eigenvalue weighted by molar-refractivity contribution is -0.142. The normalized spacial score (nSPS) is 9.88. The Balaban J connectivity index is 0. The van der Waals surface area contributed by atoms with Crippen molar-refractivity contribution >= 4 is 18.4 Å². The van der Waals surface area contributed by atoms with Crippen molar-refractivity contribution in [2.45, 2.75) is 12.6 Å². The fourth-order valence-electron chi connectivity index (χ4n) is 0. The van der Waals surface area contributed by atoms with Crippen LogP contribution < -0.4 is 11.5 Å². The van der Waals surface area contributed by atoms with E-state index in [0.717, 1.165) is 0 Å². The van der Waals surface area contributed by atoms with Gasteiger partial charge in [0.1, 0.15) is 0 Å². The molecule has 0 spiro atoms. The first kappa shape index (κ1) is 10.6. The third-order valence-electron chi connectivity index (χ3n) is 0.461. The Morgan fingerprint density at radius 2 is 1.75 bits per heavy atom. The maximum absolute atomic E-state index is 9.77. The summed E-state index contributed by atoms with van der Waals surface area (Å²) in [6.45, 7) is 1.22. The maximum atomic E-state index is 9.77. The van der Waals surface area contributed by atoms with Crippen LogP contribution in [0.4, 0.5) is 0 Å². The molecule has 0 rings (SSSR count). The van der Waals surface area contributed by atoms with Gasteiger partial charge in [-0.3, -0.25) is 0 Å². The van der Waals surface area contributed by atoms with E-state index in [2.05, 4.69) is 0 Å². The summed E-state index contributed by atoms with van der Waals surface area (Å²) < 4.78 is 0. The van der Waals surface area contributed by atoms with E-state index in [4.69, 9.17) is 16.6 Å². The molecule has 0 heterocycles. The van der Waals surface area contributed by atoms with E-state index >= 15 is 0 Å². The molecule has 0 aliphatic rings. The average Bonchev–Trinajstić information content (AvgIpc) is 1.31. The van der Waals surface area contributed by atoms with Crippen molar-refractivity contribution in [3.8, 4) is 0 Å². The van der Waals surface area contributed by atoms with Crippen LogP contribution in [-0.4, -0.2) is 16.7 Å². The van der Waals surface area contributed by atoms with Gasteiger partial charge in [0, 0.05) is 0 Å². The molecule has 0 aromatic carbocycles. The minimum absolute atomic E-state index is 0. The van der Waals surface area contributed by atoms with Crippen LogP contribution in [0, 0.1) is 0 Å². The predicted molar refractivity (Wildman–Crippen MR) is 31.7 cm³/mol. The van der Waals surface area contributed by atoms with Gasteiger partial charge >= 0.3 is 5.97 Å². The van der Waals surface area contributed by atoms with E-state index in [1.165, 1.54) is 6.92 Å². The lowest BCUT2D eigenvalue weighted by Crippen LogP contribution is -2.53. The highest BCUT2D eigenvalue weighted by Gasteiger charge is 2.20. The van der Waals surface area contributed by atoms with Gasteiger partial charge in [0.2, 0.25) is 0 Å². The van der Waals surface area contributed by atoms with Gasteiger partial charge < -0.3 is 16.6 Å². The number of halogens is 1. The van der Waals surface area contributed by atoms with Gasteiger partial charge in [-0.05, 0) is 6.92 Å². The average molecular weight is 141 g/mol. The van der Waals surface area contributed by atoms with Crippen molar-refractivity contribution < 1.29 is 9.90 Å². The molecule has 0 radical (unpaired) electrons. The Labute approximate surface area is 53.3 Å². The van der Waals surface area contributed by atoms with Crippen LogP contribution in [0.2, 0.25) is 0 Å². The summed E-state index contributed by atoms with van der Waals surface area (Å²) in [7, 11) is 0.